The van der Waals surface area contributed by atoms with Gasteiger partial charge in [0.2, 0.25) is 17.7 Å². The molecule has 3 amide bonds. The van der Waals surface area contributed by atoms with E-state index in [2.05, 4.69) is 10.6 Å². The fourth-order valence-electron chi connectivity index (χ4n) is 1.65. The second-order valence-electron chi connectivity index (χ2n) is 5.29. The van der Waals surface area contributed by atoms with Crippen LogP contribution in [-0.2, 0) is 24.0 Å². The molecule has 0 aromatic heterocycles. The van der Waals surface area contributed by atoms with Gasteiger partial charge in [-0.25, -0.2) is 4.79 Å². The predicted molar refractivity (Wildman–Crippen MR) is 83.5 cm³/mol. The Morgan fingerprint density at radius 3 is 2.04 bits per heavy atom. The summed E-state index contributed by atoms with van der Waals surface area (Å²) in [6, 6.07) is -4.60. The lowest BCUT2D eigenvalue weighted by Gasteiger charge is -2.23. The molecule has 4 atom stereocenters. The van der Waals surface area contributed by atoms with Crippen molar-refractivity contribution in [3.63, 3.8) is 0 Å². The first-order valence-corrected chi connectivity index (χ1v) is 7.36. The van der Waals surface area contributed by atoms with E-state index < -0.39 is 73.5 Å². The summed E-state index contributed by atoms with van der Waals surface area (Å²) in [5.74, 6) is -5.94. The van der Waals surface area contributed by atoms with Gasteiger partial charge >= 0.3 is 11.9 Å². The Kier molecular flexibility index (Phi) is 9.80. The van der Waals surface area contributed by atoms with Crippen LogP contribution in [0.2, 0.25) is 0 Å². The number of nitrogens with two attached hydrogens (primary N) is 1. The summed E-state index contributed by atoms with van der Waals surface area (Å²) < 4.78 is 0. The van der Waals surface area contributed by atoms with E-state index in [1.165, 1.54) is 0 Å². The van der Waals surface area contributed by atoms with Crippen LogP contribution >= 0.6 is 0 Å². The van der Waals surface area contributed by atoms with Crippen molar-refractivity contribution in [3.05, 3.63) is 0 Å². The number of nitrogens with one attached hydrogen (secondary N) is 3. The molecular formula is C13H22N4O9. The number of carboxylic acid groups (broad SMARTS) is 2. The standard InChI is InChI=1S/C13H22N4O9/c1-5(19)10(12(24)16-7(13(25)26)2-9(21)22)17-8(20)3-15-11(23)6(14)4-18/h5-7,10,18-19H,2-4,14H2,1H3,(H,15,23)(H,16,24)(H,17,20)(H,21,22)(H,25,26). The summed E-state index contributed by atoms with van der Waals surface area (Å²) in [4.78, 5) is 56.7. The number of amides is 3. The minimum atomic E-state index is -1.76. The van der Waals surface area contributed by atoms with E-state index in [9.17, 15) is 29.1 Å². The van der Waals surface area contributed by atoms with Crippen LogP contribution in [0.25, 0.3) is 0 Å². The van der Waals surface area contributed by atoms with Gasteiger partial charge in [0.05, 0.1) is 25.7 Å². The molecule has 0 aliphatic rings. The maximum atomic E-state index is 12.0. The monoisotopic (exact) mass is 378 g/mol. The first-order chi connectivity index (χ1) is 12.0. The highest BCUT2D eigenvalue weighted by Gasteiger charge is 2.30. The number of carboxylic acids is 2. The lowest BCUT2D eigenvalue weighted by Crippen LogP contribution is -2.57. The lowest BCUT2D eigenvalue weighted by atomic mass is 10.1. The predicted octanol–water partition coefficient (Wildman–Crippen LogP) is -4.67. The second-order valence-corrected chi connectivity index (χ2v) is 5.29. The second kappa shape index (κ2) is 11.0. The molecule has 26 heavy (non-hydrogen) atoms. The van der Waals surface area contributed by atoms with E-state index in [0.717, 1.165) is 6.92 Å². The summed E-state index contributed by atoms with van der Waals surface area (Å²) in [5.41, 5.74) is 5.22. The van der Waals surface area contributed by atoms with E-state index in [0.29, 0.717) is 0 Å². The molecule has 0 saturated heterocycles. The highest BCUT2D eigenvalue weighted by atomic mass is 16.4. The third-order valence-corrected chi connectivity index (χ3v) is 3.03. The molecule has 0 radical (unpaired) electrons. The third-order valence-electron chi connectivity index (χ3n) is 3.03. The van der Waals surface area contributed by atoms with Crippen molar-refractivity contribution in [1.29, 1.82) is 0 Å². The quantitative estimate of drug-likeness (QED) is 0.171. The summed E-state index contributed by atoms with van der Waals surface area (Å²) in [6.07, 6.45) is -2.36. The molecule has 0 spiro atoms. The van der Waals surface area contributed by atoms with Gasteiger partial charge in [-0.05, 0) is 6.92 Å². The maximum absolute atomic E-state index is 12.0. The summed E-state index contributed by atoms with van der Waals surface area (Å²) in [5, 5.41) is 41.8. The maximum Gasteiger partial charge on any atom is 0.326 e. The van der Waals surface area contributed by atoms with Gasteiger partial charge in [-0.2, -0.15) is 0 Å². The Hall–Kier alpha value is -2.77. The van der Waals surface area contributed by atoms with Crippen LogP contribution < -0.4 is 21.7 Å². The number of hydrogen-bond donors (Lipinski definition) is 8. The Balaban J connectivity index is 4.83. The van der Waals surface area contributed by atoms with E-state index >= 15 is 0 Å². The Labute approximate surface area is 147 Å². The fraction of sp³-hybridized carbons (Fsp3) is 0.615. The Morgan fingerprint density at radius 2 is 1.62 bits per heavy atom. The lowest BCUT2D eigenvalue weighted by molar-refractivity contribution is -0.147. The van der Waals surface area contributed by atoms with E-state index in [1.807, 2.05) is 5.32 Å². The molecule has 148 valence electrons. The van der Waals surface area contributed by atoms with Crippen molar-refractivity contribution in [1.82, 2.24) is 16.0 Å². The topological polar surface area (TPSA) is 228 Å². The largest absolute Gasteiger partial charge is 0.481 e. The van der Waals surface area contributed by atoms with E-state index in [1.54, 1.807) is 0 Å². The molecule has 0 saturated carbocycles. The summed E-state index contributed by atoms with van der Waals surface area (Å²) >= 11 is 0. The number of aliphatic carboxylic acids is 2. The van der Waals surface area contributed by atoms with Gasteiger partial charge in [-0.3, -0.25) is 19.2 Å². The minimum absolute atomic E-state index is 0.624. The third kappa shape index (κ3) is 8.36. The molecule has 0 aromatic rings. The number of carbonyl (C=O) groups is 5. The molecule has 13 nitrogen and oxygen atoms in total. The van der Waals surface area contributed by atoms with Crippen molar-refractivity contribution in [3.8, 4) is 0 Å². The number of carbonyl (C=O) groups excluding carboxylic acids is 3. The van der Waals surface area contributed by atoms with Crippen molar-refractivity contribution in [2.75, 3.05) is 13.2 Å². The smallest absolute Gasteiger partial charge is 0.326 e. The number of aliphatic hydroxyl groups excluding tert-OH is 2. The van der Waals surface area contributed by atoms with Crippen molar-refractivity contribution >= 4 is 29.7 Å². The van der Waals surface area contributed by atoms with Gasteiger partial charge in [-0.15, -0.1) is 0 Å². The zero-order valence-corrected chi connectivity index (χ0v) is 13.8. The first kappa shape index (κ1) is 23.2. The van der Waals surface area contributed by atoms with Gasteiger partial charge in [-0.1, -0.05) is 0 Å². The molecular weight excluding hydrogens is 356 g/mol. The highest BCUT2D eigenvalue weighted by molar-refractivity contribution is 5.93. The van der Waals surface area contributed by atoms with Gasteiger partial charge in [0.15, 0.2) is 0 Å². The molecule has 0 fully saturated rings. The van der Waals surface area contributed by atoms with Crippen LogP contribution in [0.1, 0.15) is 13.3 Å². The Morgan fingerprint density at radius 1 is 1.04 bits per heavy atom. The molecule has 0 bridgehead atoms. The van der Waals surface area contributed by atoms with Crippen LogP contribution in [0.15, 0.2) is 0 Å². The summed E-state index contributed by atoms with van der Waals surface area (Å²) in [6.45, 7) is -0.134. The van der Waals surface area contributed by atoms with Crippen LogP contribution in [0.4, 0.5) is 0 Å². The number of aliphatic hydroxyl groups is 2. The Bertz CT molecular complexity index is 552. The SMILES string of the molecule is CC(O)C(NC(=O)CNC(=O)C(N)CO)C(=O)NC(CC(=O)O)C(=O)O. The highest BCUT2D eigenvalue weighted by Crippen LogP contribution is 1.98. The fourth-order valence-corrected chi connectivity index (χ4v) is 1.65. The van der Waals surface area contributed by atoms with E-state index in [-0.39, 0.29) is 0 Å². The molecule has 0 heterocycles. The molecule has 13 heteroatoms. The molecule has 9 N–H and O–H groups in total. The number of hydrogen-bond acceptors (Lipinski definition) is 8. The van der Waals surface area contributed by atoms with Crippen molar-refractivity contribution in [2.45, 2.75) is 37.6 Å². The zero-order chi connectivity index (χ0) is 20.4. The minimum Gasteiger partial charge on any atom is -0.481 e. The van der Waals surface area contributed by atoms with Gasteiger partial charge in [0, 0.05) is 0 Å². The molecule has 0 aliphatic heterocycles. The molecule has 0 rings (SSSR count). The van der Waals surface area contributed by atoms with Crippen LogP contribution in [0.5, 0.6) is 0 Å². The number of rotatable bonds is 11. The normalized spacial score (nSPS) is 15.1. The first-order valence-electron chi connectivity index (χ1n) is 7.36. The van der Waals surface area contributed by atoms with Gasteiger partial charge < -0.3 is 42.1 Å². The van der Waals surface area contributed by atoms with Gasteiger partial charge in [0.25, 0.3) is 0 Å². The van der Waals surface area contributed by atoms with Crippen molar-refractivity contribution < 1.29 is 44.4 Å². The molecule has 0 aliphatic carbocycles. The van der Waals surface area contributed by atoms with Crippen LogP contribution in [0, 0.1) is 0 Å². The van der Waals surface area contributed by atoms with E-state index in [4.69, 9.17) is 21.1 Å². The van der Waals surface area contributed by atoms with Gasteiger partial charge in [0.1, 0.15) is 18.1 Å². The van der Waals surface area contributed by atoms with Crippen LogP contribution in [0.3, 0.4) is 0 Å². The molecule has 4 unspecified atom stereocenters. The van der Waals surface area contributed by atoms with Crippen molar-refractivity contribution in [2.24, 2.45) is 5.73 Å². The zero-order valence-electron chi connectivity index (χ0n) is 13.8. The van der Waals surface area contributed by atoms with Crippen LogP contribution in [-0.4, -0.2) is 87.5 Å². The average molecular weight is 378 g/mol. The summed E-state index contributed by atoms with van der Waals surface area (Å²) in [7, 11) is 0. The average Bonchev–Trinajstić information content (AvgIpc) is 2.54. The molecule has 0 aromatic carbocycles.